The summed E-state index contributed by atoms with van der Waals surface area (Å²) in [6.45, 7) is 8.06. The third kappa shape index (κ3) is 4.69. The average molecular weight is 577 g/mol. The van der Waals surface area contributed by atoms with E-state index in [2.05, 4.69) is 13.8 Å². The van der Waals surface area contributed by atoms with E-state index < -0.39 is 23.2 Å². The Morgan fingerprint density at radius 1 is 1.07 bits per heavy atom. The van der Waals surface area contributed by atoms with E-state index in [1.54, 1.807) is 13.2 Å². The summed E-state index contributed by atoms with van der Waals surface area (Å²) in [6, 6.07) is 0. The van der Waals surface area contributed by atoms with Crippen LogP contribution in [0.2, 0.25) is 0 Å². The quantitative estimate of drug-likeness (QED) is 0.373. The van der Waals surface area contributed by atoms with Crippen molar-refractivity contribution < 1.29 is 43.5 Å². The number of aliphatic hydroxyl groups is 2. The zero-order chi connectivity index (χ0) is 29.3. The van der Waals surface area contributed by atoms with Gasteiger partial charge in [0.25, 0.3) is 0 Å². The van der Waals surface area contributed by atoms with Gasteiger partial charge in [-0.2, -0.15) is 0 Å². The predicted molar refractivity (Wildman–Crippen MR) is 147 cm³/mol. The first-order valence-corrected chi connectivity index (χ1v) is 15.7. The van der Waals surface area contributed by atoms with E-state index in [-0.39, 0.29) is 60.4 Å². The predicted octanol–water partition coefficient (Wildman–Crippen LogP) is 3.68. The van der Waals surface area contributed by atoms with E-state index in [9.17, 15) is 19.8 Å². The summed E-state index contributed by atoms with van der Waals surface area (Å²) < 4.78 is 29.1. The molecule has 4 aliphatic carbocycles. The van der Waals surface area contributed by atoms with Crippen molar-refractivity contribution in [3.05, 3.63) is 11.6 Å². The van der Waals surface area contributed by atoms with Crippen molar-refractivity contribution in [1.82, 2.24) is 0 Å². The highest BCUT2D eigenvalue weighted by Gasteiger charge is 2.71. The zero-order valence-corrected chi connectivity index (χ0v) is 25.2. The molecule has 0 aromatic carbocycles. The number of fused-ring (bicyclic) bond motifs is 5. The molecule has 0 aromatic heterocycles. The number of carbonyl (C=O) groups excluding carboxylic acids is 2. The first-order valence-electron chi connectivity index (χ1n) is 15.7. The smallest absolute Gasteiger partial charge is 0.331 e. The van der Waals surface area contributed by atoms with E-state index in [1.165, 1.54) is 6.92 Å². The highest BCUT2D eigenvalue weighted by molar-refractivity contribution is 5.85. The average Bonchev–Trinajstić information content (AvgIpc) is 3.42. The molecular formula is C32H48O9. The van der Waals surface area contributed by atoms with E-state index >= 15 is 0 Å². The molecule has 4 saturated carbocycles. The van der Waals surface area contributed by atoms with E-state index in [0.717, 1.165) is 50.5 Å². The summed E-state index contributed by atoms with van der Waals surface area (Å²) >= 11 is 0. The number of aliphatic hydroxyl groups excluding tert-OH is 1. The number of hydrogen-bond acceptors (Lipinski definition) is 9. The molecule has 6 rings (SSSR count). The van der Waals surface area contributed by atoms with Crippen molar-refractivity contribution >= 4 is 11.9 Å². The van der Waals surface area contributed by atoms with Crippen LogP contribution in [-0.4, -0.2) is 78.3 Å². The first kappa shape index (κ1) is 29.5. The van der Waals surface area contributed by atoms with Crippen molar-refractivity contribution in [3.8, 4) is 0 Å². The highest BCUT2D eigenvalue weighted by atomic mass is 16.7. The number of hydrogen-bond donors (Lipinski definition) is 2. The lowest BCUT2D eigenvalue weighted by Gasteiger charge is -2.63. The van der Waals surface area contributed by atoms with Crippen LogP contribution >= 0.6 is 0 Å². The Morgan fingerprint density at radius 3 is 2.54 bits per heavy atom. The third-order valence-electron chi connectivity index (χ3n) is 12.5. The molecule has 2 aliphatic heterocycles. The molecule has 13 atom stereocenters. The minimum absolute atomic E-state index is 0.0898. The Bertz CT molecular complexity index is 1080. The van der Waals surface area contributed by atoms with Gasteiger partial charge >= 0.3 is 11.9 Å². The molecule has 41 heavy (non-hydrogen) atoms. The Kier molecular flexibility index (Phi) is 7.62. The molecule has 5 fully saturated rings. The van der Waals surface area contributed by atoms with Gasteiger partial charge in [0.2, 0.25) is 0 Å². The second kappa shape index (κ2) is 10.6. The largest absolute Gasteiger partial charge is 0.462 e. The van der Waals surface area contributed by atoms with Crippen molar-refractivity contribution in [2.24, 2.45) is 34.5 Å². The number of ether oxygens (including phenoxy) is 5. The van der Waals surface area contributed by atoms with Crippen LogP contribution in [0.25, 0.3) is 0 Å². The fourth-order valence-electron chi connectivity index (χ4n) is 10.4. The molecule has 2 N–H and O–H groups in total. The van der Waals surface area contributed by atoms with Gasteiger partial charge in [0.1, 0.15) is 18.8 Å². The van der Waals surface area contributed by atoms with Gasteiger partial charge in [0.05, 0.1) is 23.9 Å². The molecular weight excluding hydrogens is 528 g/mol. The van der Waals surface area contributed by atoms with Crippen LogP contribution in [0.3, 0.4) is 0 Å². The third-order valence-corrected chi connectivity index (χ3v) is 12.5. The van der Waals surface area contributed by atoms with E-state index in [1.807, 2.05) is 6.92 Å². The van der Waals surface area contributed by atoms with Crippen molar-refractivity contribution in [2.45, 2.75) is 128 Å². The molecule has 0 unspecified atom stereocenters. The highest BCUT2D eigenvalue weighted by Crippen LogP contribution is 2.70. The standard InChI is InChI=1S/C32H48O9/c1-17-29(35)24(37-5)14-27(39-17)41-21-8-10-30(3)20(13-21)6-7-23-22(30)9-11-31(4)28(19-12-26(34)38-16-19)25(40-18(2)33)15-32(23,31)36/h12,17,20-25,27-29,35-36H,6-11,13-16H2,1-5H3/t17-,20+,21-,22+,23-,24-,25-,27-,28-,29-,30-,31+,32-/m0/s1. The molecule has 0 spiro atoms. The second-order valence-corrected chi connectivity index (χ2v) is 14.3. The Balaban J connectivity index is 1.19. The minimum Gasteiger partial charge on any atom is -0.462 e. The van der Waals surface area contributed by atoms with Crippen LogP contribution < -0.4 is 0 Å². The van der Waals surface area contributed by atoms with Crippen molar-refractivity contribution in [2.75, 3.05) is 13.7 Å². The van der Waals surface area contributed by atoms with Gasteiger partial charge < -0.3 is 33.9 Å². The number of cyclic esters (lactones) is 1. The summed E-state index contributed by atoms with van der Waals surface area (Å²) in [5.41, 5.74) is -0.559. The summed E-state index contributed by atoms with van der Waals surface area (Å²) in [7, 11) is 1.62. The number of methoxy groups -OCH3 is 1. The topological polar surface area (TPSA) is 121 Å². The molecule has 0 radical (unpaired) electrons. The monoisotopic (exact) mass is 576 g/mol. The van der Waals surface area contributed by atoms with Crippen molar-refractivity contribution in [1.29, 1.82) is 0 Å². The van der Waals surface area contributed by atoms with Gasteiger partial charge in [-0.05, 0) is 80.6 Å². The Labute approximate surface area is 243 Å². The second-order valence-electron chi connectivity index (χ2n) is 14.3. The van der Waals surface area contributed by atoms with Gasteiger partial charge in [-0.1, -0.05) is 13.8 Å². The molecule has 6 aliphatic rings. The molecule has 230 valence electrons. The molecule has 9 nitrogen and oxygen atoms in total. The number of esters is 2. The summed E-state index contributed by atoms with van der Waals surface area (Å²) in [6.07, 6.45) is 7.14. The lowest BCUT2D eigenvalue weighted by atomic mass is 9.43. The Morgan fingerprint density at radius 2 is 1.85 bits per heavy atom. The van der Waals surface area contributed by atoms with Gasteiger partial charge in [-0.25, -0.2) is 4.79 Å². The fraction of sp³-hybridized carbons (Fsp3) is 0.875. The number of carbonyl (C=O) groups is 2. The van der Waals surface area contributed by atoms with Crippen LogP contribution in [0.1, 0.15) is 85.5 Å². The van der Waals surface area contributed by atoms with Gasteiger partial charge in [-0.3, -0.25) is 4.79 Å². The molecule has 0 aromatic rings. The van der Waals surface area contributed by atoms with E-state index in [0.29, 0.717) is 24.7 Å². The Hall–Kier alpha value is -1.52. The molecule has 0 amide bonds. The molecule has 2 heterocycles. The van der Waals surface area contributed by atoms with Crippen LogP contribution in [0.4, 0.5) is 0 Å². The zero-order valence-electron chi connectivity index (χ0n) is 25.2. The van der Waals surface area contributed by atoms with Crippen LogP contribution in [0.15, 0.2) is 11.6 Å². The fourth-order valence-corrected chi connectivity index (χ4v) is 10.4. The van der Waals surface area contributed by atoms with E-state index in [4.69, 9.17) is 23.7 Å². The van der Waals surface area contributed by atoms with Crippen LogP contribution in [0.5, 0.6) is 0 Å². The van der Waals surface area contributed by atoms with Crippen molar-refractivity contribution in [3.63, 3.8) is 0 Å². The molecule has 0 bridgehead atoms. The maximum atomic E-state index is 12.7. The van der Waals surface area contributed by atoms with Gasteiger partial charge in [0.15, 0.2) is 6.29 Å². The summed E-state index contributed by atoms with van der Waals surface area (Å²) in [4.78, 5) is 24.2. The minimum atomic E-state index is -0.990. The lowest BCUT2D eigenvalue weighted by Crippen LogP contribution is -2.62. The summed E-state index contributed by atoms with van der Waals surface area (Å²) in [5.74, 6) is 0.0175. The van der Waals surface area contributed by atoms with Gasteiger partial charge in [-0.15, -0.1) is 0 Å². The van der Waals surface area contributed by atoms with Crippen LogP contribution in [0, 0.1) is 34.5 Å². The first-order chi connectivity index (χ1) is 19.4. The maximum Gasteiger partial charge on any atom is 0.331 e. The van der Waals surface area contributed by atoms with Gasteiger partial charge in [0, 0.05) is 44.3 Å². The molecule has 9 heteroatoms. The van der Waals surface area contributed by atoms with Crippen LogP contribution in [-0.2, 0) is 33.3 Å². The normalized spacial score (nSPS) is 51.2. The lowest BCUT2D eigenvalue weighted by molar-refractivity contribution is -0.273. The maximum absolute atomic E-state index is 12.7. The molecule has 1 saturated heterocycles. The number of rotatable bonds is 5. The SMILES string of the molecule is CO[C@H]1C[C@H](O[C@H]2CC[C@@]3(C)[C@H](CC[C@H]4[C@H]3CC[C@]3(C)[C@@H](C5=CC(=O)OC5)[C@@H](OC(C)=O)C[C@]43O)C2)O[C@@H](C)[C@@H]1O. The summed E-state index contributed by atoms with van der Waals surface area (Å²) in [5, 5.41) is 23.0.